The smallest absolute Gasteiger partial charge is 0.251 e. The van der Waals surface area contributed by atoms with Crippen molar-refractivity contribution >= 4 is 11.8 Å². The summed E-state index contributed by atoms with van der Waals surface area (Å²) in [4.78, 5) is 23.0. The minimum absolute atomic E-state index is 0.0355. The number of halogens is 1. The number of ether oxygens (including phenoxy) is 2. The Hall–Kier alpha value is -3.06. The lowest BCUT2D eigenvalue weighted by Gasteiger charge is -2.38. The van der Waals surface area contributed by atoms with Gasteiger partial charge in [0.25, 0.3) is 5.91 Å². The molecule has 3 rings (SSSR count). The molecule has 1 aromatic carbocycles. The van der Waals surface area contributed by atoms with Crippen molar-refractivity contribution in [3.8, 4) is 5.88 Å². The molecular weight excluding hydrogens is 463 g/mol. The Morgan fingerprint density at radius 2 is 1.94 bits per heavy atom. The van der Waals surface area contributed by atoms with Crippen LogP contribution in [0.5, 0.6) is 5.88 Å². The highest BCUT2D eigenvalue weighted by atomic mass is 19.1. The van der Waals surface area contributed by atoms with Crippen molar-refractivity contribution in [2.24, 2.45) is 5.73 Å². The van der Waals surface area contributed by atoms with Gasteiger partial charge in [0.05, 0.1) is 6.61 Å². The van der Waals surface area contributed by atoms with Crippen molar-refractivity contribution in [3.05, 3.63) is 46.6 Å². The van der Waals surface area contributed by atoms with Crippen LogP contribution >= 0.6 is 0 Å². The number of H-pyrrole nitrogens is 1. The normalized spacial score (nSPS) is 24.4. The van der Waals surface area contributed by atoms with Gasteiger partial charge in [-0.25, -0.2) is 4.39 Å². The van der Waals surface area contributed by atoms with Gasteiger partial charge >= 0.3 is 0 Å². The number of hydrogen-bond donors (Lipinski definition) is 6. The minimum atomic E-state index is -1.97. The van der Waals surface area contributed by atoms with E-state index < -0.39 is 43.3 Å². The molecule has 2 amide bonds. The lowest BCUT2D eigenvalue weighted by Crippen LogP contribution is -2.58. The first kappa shape index (κ1) is 26.5. The number of aliphatic hydroxyl groups is 3. The highest BCUT2D eigenvalue weighted by molar-refractivity contribution is 5.94. The fourth-order valence-electron chi connectivity index (χ4n) is 3.73. The summed E-state index contributed by atoms with van der Waals surface area (Å²) in [5.41, 5.74) is 7.73. The van der Waals surface area contributed by atoms with Gasteiger partial charge in [0.1, 0.15) is 18.3 Å². The van der Waals surface area contributed by atoms with E-state index in [9.17, 15) is 29.3 Å². The third-order valence-corrected chi connectivity index (χ3v) is 5.72. The maximum Gasteiger partial charge on any atom is 0.251 e. The molecule has 192 valence electrons. The number of primary amides is 1. The number of nitrogens with zero attached hydrogens (tertiary/aromatic N) is 1. The van der Waals surface area contributed by atoms with Gasteiger partial charge in [-0.2, -0.15) is 0 Å². The standard InChI is InChI=1S/C23H31FN4O7/c1-11(2)18-14(9-12-3-5-13(6-4-12)21(33)26-8-7-16(25)30)22(28-27-18)35-23-20(32)19(31)17(24)15(10-29)34-23/h3-6,11,15,17,19-20,23,29,31-32H,7-10H2,1-2H3,(H2,25,30)(H,26,33)(H,27,28)/t15-,17-,19+,20-,23+/m1/s1. The van der Waals surface area contributed by atoms with Crippen LogP contribution < -0.4 is 15.8 Å². The van der Waals surface area contributed by atoms with Crippen molar-refractivity contribution in [1.82, 2.24) is 15.5 Å². The number of nitrogens with two attached hydrogens (primary N) is 1. The number of nitrogens with one attached hydrogen (secondary N) is 2. The number of carbonyl (C=O) groups is 2. The largest absolute Gasteiger partial charge is 0.443 e. The molecule has 0 bridgehead atoms. The Labute approximate surface area is 201 Å². The summed E-state index contributed by atoms with van der Waals surface area (Å²) < 4.78 is 25.1. The summed E-state index contributed by atoms with van der Waals surface area (Å²) in [5, 5.41) is 39.2. The number of aromatic nitrogens is 2. The number of aliphatic hydroxyl groups excluding tert-OH is 3. The first-order valence-electron chi connectivity index (χ1n) is 11.3. The molecule has 0 spiro atoms. The second-order valence-electron chi connectivity index (χ2n) is 8.69. The minimum Gasteiger partial charge on any atom is -0.443 e. The molecule has 0 saturated carbocycles. The maximum absolute atomic E-state index is 14.1. The van der Waals surface area contributed by atoms with E-state index in [1.165, 1.54) is 0 Å². The molecule has 7 N–H and O–H groups in total. The van der Waals surface area contributed by atoms with E-state index in [-0.39, 0.29) is 30.7 Å². The van der Waals surface area contributed by atoms with Gasteiger partial charge in [0, 0.05) is 36.2 Å². The average Bonchev–Trinajstić information content (AvgIpc) is 3.21. The molecule has 2 heterocycles. The second kappa shape index (κ2) is 11.6. The van der Waals surface area contributed by atoms with Crippen LogP contribution in [0.2, 0.25) is 0 Å². The molecule has 12 heteroatoms. The van der Waals surface area contributed by atoms with Gasteiger partial charge in [-0.15, -0.1) is 5.10 Å². The van der Waals surface area contributed by atoms with Crippen molar-refractivity contribution in [2.75, 3.05) is 13.2 Å². The molecule has 5 atom stereocenters. The van der Waals surface area contributed by atoms with Gasteiger partial charge < -0.3 is 35.8 Å². The molecule has 2 aromatic rings. The van der Waals surface area contributed by atoms with Crippen LogP contribution in [0.1, 0.15) is 53.4 Å². The first-order valence-corrected chi connectivity index (χ1v) is 11.3. The third kappa shape index (κ3) is 6.34. The fourth-order valence-corrected chi connectivity index (χ4v) is 3.73. The molecular formula is C23H31FN4O7. The summed E-state index contributed by atoms with van der Waals surface area (Å²) in [6.45, 7) is 3.35. The highest BCUT2D eigenvalue weighted by Crippen LogP contribution is 2.31. The van der Waals surface area contributed by atoms with Gasteiger partial charge in [-0.05, 0) is 23.6 Å². The van der Waals surface area contributed by atoms with E-state index >= 15 is 0 Å². The topological polar surface area (TPSA) is 180 Å². The van der Waals surface area contributed by atoms with E-state index in [4.69, 9.17) is 15.2 Å². The monoisotopic (exact) mass is 494 g/mol. The van der Waals surface area contributed by atoms with E-state index in [0.29, 0.717) is 17.5 Å². The van der Waals surface area contributed by atoms with Crippen LogP contribution in [0.25, 0.3) is 0 Å². The Bertz CT molecular complexity index is 1010. The predicted molar refractivity (Wildman–Crippen MR) is 121 cm³/mol. The summed E-state index contributed by atoms with van der Waals surface area (Å²) >= 11 is 0. The van der Waals surface area contributed by atoms with Crippen LogP contribution in [0.3, 0.4) is 0 Å². The van der Waals surface area contributed by atoms with Crippen molar-refractivity contribution in [3.63, 3.8) is 0 Å². The molecule has 11 nitrogen and oxygen atoms in total. The third-order valence-electron chi connectivity index (χ3n) is 5.72. The molecule has 1 saturated heterocycles. The lowest BCUT2D eigenvalue weighted by molar-refractivity contribution is -0.265. The van der Waals surface area contributed by atoms with Crippen LogP contribution in [0.15, 0.2) is 24.3 Å². The van der Waals surface area contributed by atoms with Gasteiger partial charge in [0.15, 0.2) is 6.17 Å². The fraction of sp³-hybridized carbons (Fsp3) is 0.522. The number of benzene rings is 1. The zero-order valence-corrected chi connectivity index (χ0v) is 19.5. The predicted octanol–water partition coefficient (Wildman–Crippen LogP) is -0.115. The number of hydrogen-bond acceptors (Lipinski definition) is 8. The average molecular weight is 495 g/mol. The number of amides is 2. The Kier molecular flexibility index (Phi) is 8.78. The van der Waals surface area contributed by atoms with Crippen LogP contribution in [-0.2, 0) is 16.0 Å². The van der Waals surface area contributed by atoms with Crippen LogP contribution in [0.4, 0.5) is 4.39 Å². The Balaban J connectivity index is 1.76. The van der Waals surface area contributed by atoms with E-state index in [0.717, 1.165) is 11.3 Å². The molecule has 1 aliphatic rings. The Morgan fingerprint density at radius 3 is 2.54 bits per heavy atom. The first-order chi connectivity index (χ1) is 16.6. The summed E-state index contributed by atoms with van der Waals surface area (Å²) in [5.74, 6) is -0.697. The van der Waals surface area contributed by atoms with Crippen molar-refractivity contribution in [2.45, 2.75) is 63.4 Å². The van der Waals surface area contributed by atoms with Crippen molar-refractivity contribution in [1.29, 1.82) is 0 Å². The maximum atomic E-state index is 14.1. The van der Waals surface area contributed by atoms with Crippen molar-refractivity contribution < 1.29 is 38.8 Å². The van der Waals surface area contributed by atoms with Crippen LogP contribution in [0, 0.1) is 0 Å². The molecule has 0 radical (unpaired) electrons. The number of rotatable bonds is 10. The summed E-state index contributed by atoms with van der Waals surface area (Å²) in [6.07, 6.45) is -7.84. The Morgan fingerprint density at radius 1 is 1.26 bits per heavy atom. The summed E-state index contributed by atoms with van der Waals surface area (Å²) in [7, 11) is 0. The zero-order valence-electron chi connectivity index (χ0n) is 19.5. The van der Waals surface area contributed by atoms with Gasteiger partial charge in [-0.1, -0.05) is 26.0 Å². The number of carbonyl (C=O) groups excluding carboxylic acids is 2. The second-order valence-corrected chi connectivity index (χ2v) is 8.69. The SMILES string of the molecule is CC(C)c1[nH]nc(O[C@@H]2O[C@H](CO)[C@@H](F)[C@H](O)[C@H]2O)c1Cc1ccc(C(=O)NCCC(N)=O)cc1. The number of aromatic amines is 1. The van der Waals surface area contributed by atoms with Gasteiger partial charge in [0.2, 0.25) is 18.1 Å². The van der Waals surface area contributed by atoms with E-state index in [1.54, 1.807) is 24.3 Å². The molecule has 1 aromatic heterocycles. The zero-order chi connectivity index (χ0) is 25.7. The lowest BCUT2D eigenvalue weighted by atomic mass is 9.98. The summed E-state index contributed by atoms with van der Waals surface area (Å²) in [6, 6.07) is 6.80. The highest BCUT2D eigenvalue weighted by Gasteiger charge is 2.46. The molecule has 0 aliphatic carbocycles. The molecule has 0 unspecified atom stereocenters. The quantitative estimate of drug-likeness (QED) is 0.265. The van der Waals surface area contributed by atoms with E-state index in [2.05, 4.69) is 15.5 Å². The molecule has 1 fully saturated rings. The number of alkyl halides is 1. The molecule has 35 heavy (non-hydrogen) atoms. The molecule has 1 aliphatic heterocycles. The van der Waals surface area contributed by atoms with Crippen LogP contribution in [-0.4, -0.2) is 81.3 Å². The van der Waals surface area contributed by atoms with E-state index in [1.807, 2.05) is 13.8 Å². The van der Waals surface area contributed by atoms with Gasteiger partial charge in [-0.3, -0.25) is 14.7 Å².